The molecule has 6 nitrogen and oxygen atoms in total. The number of allylic oxidation sites excluding steroid dienone is 2. The molecule has 0 aromatic heterocycles. The fourth-order valence-electron chi connectivity index (χ4n) is 2.65. The van der Waals surface area contributed by atoms with Gasteiger partial charge in [0.05, 0.1) is 26.3 Å². The van der Waals surface area contributed by atoms with Crippen LogP contribution in [0.4, 0.5) is 5.69 Å². The first-order valence-corrected chi connectivity index (χ1v) is 8.98. The van der Waals surface area contributed by atoms with Crippen molar-refractivity contribution >= 4 is 29.4 Å². The Balaban J connectivity index is 1.97. The van der Waals surface area contributed by atoms with E-state index in [0.29, 0.717) is 17.1 Å². The van der Waals surface area contributed by atoms with Crippen molar-refractivity contribution in [2.75, 3.05) is 33.2 Å². The third kappa shape index (κ3) is 6.24. The first-order valence-electron chi connectivity index (χ1n) is 8.98. The third-order valence-electron chi connectivity index (χ3n) is 4.16. The molecule has 2 aromatic rings. The number of methoxy groups -OCH3 is 2. The minimum atomic E-state index is -0.324. The van der Waals surface area contributed by atoms with Gasteiger partial charge in [0, 0.05) is 14.1 Å². The molecule has 0 aliphatic rings. The number of anilines is 1. The van der Waals surface area contributed by atoms with E-state index in [9.17, 15) is 14.7 Å². The Morgan fingerprint density at radius 1 is 0.897 bits per heavy atom. The van der Waals surface area contributed by atoms with Crippen molar-refractivity contribution in [3.8, 4) is 17.2 Å². The molecular formula is C23H25NO5. The van der Waals surface area contributed by atoms with Crippen molar-refractivity contribution in [1.29, 1.82) is 0 Å². The van der Waals surface area contributed by atoms with Crippen molar-refractivity contribution in [1.82, 2.24) is 0 Å². The molecule has 1 N–H and O–H groups in total. The van der Waals surface area contributed by atoms with E-state index in [4.69, 9.17) is 9.47 Å². The molecule has 0 amide bonds. The summed E-state index contributed by atoms with van der Waals surface area (Å²) in [5.41, 5.74) is 2.37. The summed E-state index contributed by atoms with van der Waals surface area (Å²) in [6, 6.07) is 10.4. The monoisotopic (exact) mass is 395 g/mol. The molecule has 152 valence electrons. The second-order valence-corrected chi connectivity index (χ2v) is 6.53. The lowest BCUT2D eigenvalue weighted by Crippen LogP contribution is -2.10. The van der Waals surface area contributed by atoms with E-state index in [1.165, 1.54) is 25.3 Å². The number of benzene rings is 2. The minimum Gasteiger partial charge on any atom is -0.504 e. The lowest BCUT2D eigenvalue weighted by Gasteiger charge is -2.16. The number of aromatic hydroxyl groups is 1. The van der Waals surface area contributed by atoms with Gasteiger partial charge in [0.15, 0.2) is 23.1 Å². The van der Waals surface area contributed by atoms with Crippen molar-refractivity contribution in [2.24, 2.45) is 0 Å². The van der Waals surface area contributed by atoms with Gasteiger partial charge in [-0.25, -0.2) is 0 Å². The van der Waals surface area contributed by atoms with Gasteiger partial charge in [-0.3, -0.25) is 9.59 Å². The second-order valence-electron chi connectivity index (χ2n) is 6.53. The van der Waals surface area contributed by atoms with E-state index in [2.05, 4.69) is 0 Å². The molecule has 0 heterocycles. The zero-order valence-electron chi connectivity index (χ0n) is 17.0. The number of ether oxygens (including phenoxy) is 2. The quantitative estimate of drug-likeness (QED) is 0.515. The van der Waals surface area contributed by atoms with E-state index in [1.807, 2.05) is 37.2 Å². The number of carbonyl (C=O) groups excluding carboxylic acids is 2. The number of hydrogen-bond donors (Lipinski definition) is 1. The molecular weight excluding hydrogens is 370 g/mol. The molecule has 6 heteroatoms. The minimum absolute atomic E-state index is 0.0168. The number of ketones is 2. The van der Waals surface area contributed by atoms with E-state index < -0.39 is 0 Å². The number of hydrogen-bond acceptors (Lipinski definition) is 6. The number of carbonyl (C=O) groups is 2. The molecule has 2 rings (SSSR count). The van der Waals surface area contributed by atoms with Crippen LogP contribution < -0.4 is 14.4 Å². The summed E-state index contributed by atoms with van der Waals surface area (Å²) in [6.45, 7) is 0. The summed E-state index contributed by atoms with van der Waals surface area (Å²) in [7, 11) is 6.89. The van der Waals surface area contributed by atoms with Crippen LogP contribution in [0.3, 0.4) is 0 Å². The predicted octanol–water partition coefficient (Wildman–Crippen LogP) is 3.73. The average Bonchev–Trinajstić information content (AvgIpc) is 2.70. The Labute approximate surface area is 170 Å². The van der Waals surface area contributed by atoms with E-state index in [-0.39, 0.29) is 23.7 Å². The first-order chi connectivity index (χ1) is 13.8. The van der Waals surface area contributed by atoms with Gasteiger partial charge in [-0.1, -0.05) is 24.3 Å². The normalized spacial score (nSPS) is 11.0. The van der Waals surface area contributed by atoms with Gasteiger partial charge in [0.25, 0.3) is 0 Å². The summed E-state index contributed by atoms with van der Waals surface area (Å²) in [5.74, 6) is 0.413. The number of nitrogens with zero attached hydrogens (tertiary/aromatic N) is 1. The fourth-order valence-corrected chi connectivity index (χ4v) is 2.65. The Morgan fingerprint density at radius 2 is 1.45 bits per heavy atom. The highest BCUT2D eigenvalue weighted by Gasteiger charge is 2.07. The highest BCUT2D eigenvalue weighted by Crippen LogP contribution is 2.28. The smallest absolute Gasteiger partial charge is 0.163 e. The van der Waals surface area contributed by atoms with Crippen LogP contribution in [0.2, 0.25) is 0 Å². The highest BCUT2D eigenvalue weighted by atomic mass is 16.5. The third-order valence-corrected chi connectivity index (χ3v) is 4.16. The molecule has 29 heavy (non-hydrogen) atoms. The predicted molar refractivity (Wildman–Crippen MR) is 115 cm³/mol. The fraction of sp³-hybridized carbons (Fsp3) is 0.217. The zero-order valence-corrected chi connectivity index (χ0v) is 17.0. The van der Waals surface area contributed by atoms with Crippen LogP contribution >= 0.6 is 0 Å². The van der Waals surface area contributed by atoms with Crippen LogP contribution in [0.15, 0.2) is 48.6 Å². The summed E-state index contributed by atoms with van der Waals surface area (Å²) in [5, 5.41) is 9.75. The van der Waals surface area contributed by atoms with E-state index >= 15 is 0 Å². The van der Waals surface area contributed by atoms with Crippen LogP contribution in [0.5, 0.6) is 17.2 Å². The molecule has 0 unspecified atom stereocenters. The Kier molecular flexibility index (Phi) is 7.60. The summed E-state index contributed by atoms with van der Waals surface area (Å²) in [4.78, 5) is 26.0. The summed E-state index contributed by atoms with van der Waals surface area (Å²) in [6.07, 6.45) is 5.67. The van der Waals surface area contributed by atoms with Crippen molar-refractivity contribution in [3.05, 3.63) is 59.7 Å². The maximum atomic E-state index is 12.1. The first kappa shape index (κ1) is 21.8. The lowest BCUT2D eigenvalue weighted by molar-refractivity contribution is -0.121. The maximum Gasteiger partial charge on any atom is 0.163 e. The molecule has 0 aliphatic carbocycles. The van der Waals surface area contributed by atoms with Crippen molar-refractivity contribution in [2.45, 2.75) is 6.42 Å². The van der Waals surface area contributed by atoms with Gasteiger partial charge in [0.1, 0.15) is 5.75 Å². The Morgan fingerprint density at radius 3 is 1.97 bits per heavy atom. The molecule has 0 atom stereocenters. The molecule has 0 radical (unpaired) electrons. The summed E-state index contributed by atoms with van der Waals surface area (Å²) >= 11 is 0. The van der Waals surface area contributed by atoms with Crippen LogP contribution in [-0.4, -0.2) is 45.0 Å². The number of rotatable bonds is 9. The Bertz CT molecular complexity index is 944. The van der Waals surface area contributed by atoms with Gasteiger partial charge in [-0.05, 0) is 47.5 Å². The molecule has 0 aliphatic heterocycles. The summed E-state index contributed by atoms with van der Waals surface area (Å²) < 4.78 is 10.3. The van der Waals surface area contributed by atoms with Gasteiger partial charge < -0.3 is 19.5 Å². The largest absolute Gasteiger partial charge is 0.504 e. The molecule has 0 saturated carbocycles. The van der Waals surface area contributed by atoms with Gasteiger partial charge in [0.2, 0.25) is 0 Å². The van der Waals surface area contributed by atoms with Crippen molar-refractivity contribution in [3.63, 3.8) is 0 Å². The van der Waals surface area contributed by atoms with Crippen LogP contribution in [0.1, 0.15) is 17.5 Å². The Hall–Kier alpha value is -3.54. The zero-order chi connectivity index (χ0) is 21.4. The maximum absolute atomic E-state index is 12.1. The van der Waals surface area contributed by atoms with Gasteiger partial charge in [-0.2, -0.15) is 0 Å². The SMILES string of the molecule is COc1ccc(/C=C/C(=O)CC(=O)/C=C/c2ccc(N(C)C)c(OC)c2)cc1O. The van der Waals surface area contributed by atoms with Gasteiger partial charge >= 0.3 is 0 Å². The number of phenols is 1. The molecule has 0 bridgehead atoms. The standard InChI is InChI=1S/C23H25NO5/c1-24(2)20-11-7-17(14-23(20)29-4)6-10-19(26)15-18(25)9-5-16-8-12-22(28-3)21(27)13-16/h5-14,27H,15H2,1-4H3/b9-5+,10-6+. The lowest BCUT2D eigenvalue weighted by atomic mass is 10.1. The van der Waals surface area contributed by atoms with E-state index in [1.54, 1.807) is 31.4 Å². The highest BCUT2D eigenvalue weighted by molar-refractivity contribution is 6.10. The van der Waals surface area contributed by atoms with Crippen LogP contribution in [0.25, 0.3) is 12.2 Å². The molecule has 0 fully saturated rings. The molecule has 0 saturated heterocycles. The number of phenolic OH excluding ortho intramolecular Hbond substituents is 1. The second kappa shape index (κ2) is 10.1. The van der Waals surface area contributed by atoms with Crippen molar-refractivity contribution < 1.29 is 24.2 Å². The average molecular weight is 395 g/mol. The van der Waals surface area contributed by atoms with Crippen LogP contribution in [-0.2, 0) is 9.59 Å². The molecule has 2 aromatic carbocycles. The topological polar surface area (TPSA) is 76.1 Å². The van der Waals surface area contributed by atoms with Gasteiger partial charge in [-0.15, -0.1) is 0 Å². The molecule has 0 spiro atoms. The van der Waals surface area contributed by atoms with Crippen LogP contribution in [0, 0.1) is 0 Å². The van der Waals surface area contributed by atoms with E-state index in [0.717, 1.165) is 11.3 Å².